The molecule has 3 atom stereocenters. The second-order valence-corrected chi connectivity index (χ2v) is 7.75. The molecule has 0 aromatic carbocycles. The summed E-state index contributed by atoms with van der Waals surface area (Å²) in [5, 5.41) is 11.8. The van der Waals surface area contributed by atoms with Gasteiger partial charge >= 0.3 is 12.1 Å². The third-order valence-corrected chi connectivity index (χ3v) is 4.43. The number of carboxylic acid groups (broad SMARTS) is 1. The van der Waals surface area contributed by atoms with Gasteiger partial charge in [-0.2, -0.15) is 0 Å². The van der Waals surface area contributed by atoms with Gasteiger partial charge in [-0.05, 0) is 33.6 Å². The van der Waals surface area contributed by atoms with Crippen molar-refractivity contribution in [2.45, 2.75) is 77.0 Å². The van der Waals surface area contributed by atoms with Crippen LogP contribution in [-0.2, 0) is 19.1 Å². The van der Waals surface area contributed by atoms with Gasteiger partial charge in [0.25, 0.3) is 0 Å². The molecule has 1 rings (SSSR count). The van der Waals surface area contributed by atoms with Crippen LogP contribution in [0, 0.1) is 5.92 Å². The van der Waals surface area contributed by atoms with Gasteiger partial charge in [-0.25, -0.2) is 4.79 Å². The first-order valence-corrected chi connectivity index (χ1v) is 8.96. The number of carboxylic acids is 1. The van der Waals surface area contributed by atoms with Gasteiger partial charge in [0, 0.05) is 13.5 Å². The molecule has 0 unspecified atom stereocenters. The highest BCUT2D eigenvalue weighted by atomic mass is 16.6. The van der Waals surface area contributed by atoms with Crippen LogP contribution in [0.1, 0.15) is 59.3 Å². The summed E-state index contributed by atoms with van der Waals surface area (Å²) in [7, 11) is 1.60. The molecule has 0 aromatic rings. The van der Waals surface area contributed by atoms with Gasteiger partial charge < -0.3 is 24.9 Å². The Morgan fingerprint density at radius 1 is 1.27 bits per heavy atom. The topological polar surface area (TPSA) is 113 Å². The lowest BCUT2D eigenvalue weighted by Gasteiger charge is -2.39. The summed E-state index contributed by atoms with van der Waals surface area (Å²) in [6.07, 6.45) is 2.74. The van der Waals surface area contributed by atoms with Crippen molar-refractivity contribution >= 4 is 24.3 Å². The highest BCUT2D eigenvalue weighted by Gasteiger charge is 2.35. The maximum atomic E-state index is 12.7. The third kappa shape index (κ3) is 7.01. The Kier molecular flexibility index (Phi) is 8.05. The standard InChI is InChI=1S/C18H30N2O6/c1-18(2,3)26-17(25)19-13-7-5-6-8-14(13)20(4)16(24)12(9-10-21)11-15(22)23/h10,12-14H,5-9,11H2,1-4H3,(H,19,25)(H,22,23)/t12-,13+,14+/m1/s1. The zero-order chi connectivity index (χ0) is 19.9. The Hall–Kier alpha value is -2.12. The van der Waals surface area contributed by atoms with Gasteiger partial charge in [0.15, 0.2) is 0 Å². The second-order valence-electron chi connectivity index (χ2n) is 7.75. The molecule has 26 heavy (non-hydrogen) atoms. The molecule has 1 aliphatic carbocycles. The predicted molar refractivity (Wildman–Crippen MR) is 94.6 cm³/mol. The average molecular weight is 370 g/mol. The zero-order valence-corrected chi connectivity index (χ0v) is 16.0. The summed E-state index contributed by atoms with van der Waals surface area (Å²) in [6, 6.07) is -0.527. The van der Waals surface area contributed by atoms with Crippen LogP contribution in [0.15, 0.2) is 0 Å². The number of hydrogen-bond acceptors (Lipinski definition) is 5. The Morgan fingerprint density at radius 2 is 1.88 bits per heavy atom. The predicted octanol–water partition coefficient (Wildman–Crippen LogP) is 1.96. The van der Waals surface area contributed by atoms with Crippen molar-refractivity contribution in [1.29, 1.82) is 0 Å². The molecule has 148 valence electrons. The van der Waals surface area contributed by atoms with E-state index in [0.717, 1.165) is 12.8 Å². The molecule has 1 aliphatic rings. The summed E-state index contributed by atoms with van der Waals surface area (Å²) in [4.78, 5) is 48.0. The van der Waals surface area contributed by atoms with Crippen LogP contribution < -0.4 is 5.32 Å². The van der Waals surface area contributed by atoms with Crippen LogP contribution in [0.3, 0.4) is 0 Å². The minimum absolute atomic E-state index is 0.133. The maximum absolute atomic E-state index is 12.7. The fourth-order valence-corrected chi connectivity index (χ4v) is 3.25. The van der Waals surface area contributed by atoms with E-state index in [1.165, 1.54) is 4.90 Å². The van der Waals surface area contributed by atoms with E-state index < -0.39 is 30.0 Å². The van der Waals surface area contributed by atoms with Crippen molar-refractivity contribution in [3.05, 3.63) is 0 Å². The SMILES string of the molecule is CN(C(=O)[C@H](CC=O)CC(=O)O)[C@H]1CCCC[C@@H]1NC(=O)OC(C)(C)C. The first kappa shape index (κ1) is 21.9. The lowest BCUT2D eigenvalue weighted by Crippen LogP contribution is -2.55. The van der Waals surface area contributed by atoms with Gasteiger partial charge in [0.05, 0.1) is 24.4 Å². The first-order chi connectivity index (χ1) is 12.0. The number of ether oxygens (including phenoxy) is 1. The fraction of sp³-hybridized carbons (Fsp3) is 0.778. The maximum Gasteiger partial charge on any atom is 0.407 e. The summed E-state index contributed by atoms with van der Waals surface area (Å²) >= 11 is 0. The number of nitrogens with one attached hydrogen (secondary N) is 1. The first-order valence-electron chi connectivity index (χ1n) is 8.96. The number of aliphatic carboxylic acids is 1. The Labute approximate surface area is 154 Å². The molecule has 1 saturated carbocycles. The second kappa shape index (κ2) is 9.54. The minimum atomic E-state index is -1.12. The molecule has 8 heteroatoms. The molecule has 0 aromatic heterocycles. The highest BCUT2D eigenvalue weighted by Crippen LogP contribution is 2.25. The molecule has 0 spiro atoms. The average Bonchev–Trinajstić information content (AvgIpc) is 2.51. The van der Waals surface area contributed by atoms with E-state index in [-0.39, 0.29) is 24.4 Å². The van der Waals surface area contributed by atoms with Crippen LogP contribution in [0.4, 0.5) is 4.79 Å². The number of carbonyl (C=O) groups is 4. The van der Waals surface area contributed by atoms with E-state index in [0.29, 0.717) is 19.1 Å². The fourth-order valence-electron chi connectivity index (χ4n) is 3.25. The van der Waals surface area contributed by atoms with Crippen molar-refractivity contribution in [1.82, 2.24) is 10.2 Å². The zero-order valence-electron chi connectivity index (χ0n) is 16.0. The smallest absolute Gasteiger partial charge is 0.407 e. The van der Waals surface area contributed by atoms with Gasteiger partial charge in [0.1, 0.15) is 11.9 Å². The van der Waals surface area contributed by atoms with Crippen LogP contribution in [0.5, 0.6) is 0 Å². The van der Waals surface area contributed by atoms with Crippen LogP contribution in [0.2, 0.25) is 0 Å². The molecule has 0 radical (unpaired) electrons. The number of hydrogen-bond donors (Lipinski definition) is 2. The van der Waals surface area contributed by atoms with Crippen LogP contribution >= 0.6 is 0 Å². The van der Waals surface area contributed by atoms with Gasteiger partial charge in [-0.3, -0.25) is 9.59 Å². The van der Waals surface area contributed by atoms with Crippen molar-refractivity contribution in [2.24, 2.45) is 5.92 Å². The number of alkyl carbamates (subject to hydrolysis) is 1. The molecular formula is C18H30N2O6. The molecule has 8 nitrogen and oxygen atoms in total. The lowest BCUT2D eigenvalue weighted by molar-refractivity contribution is -0.146. The number of amides is 2. The molecule has 2 amide bonds. The Morgan fingerprint density at radius 3 is 2.42 bits per heavy atom. The van der Waals surface area contributed by atoms with E-state index in [2.05, 4.69) is 5.32 Å². The lowest BCUT2D eigenvalue weighted by atomic mass is 9.88. The highest BCUT2D eigenvalue weighted by molar-refractivity contribution is 5.85. The molecule has 0 aliphatic heterocycles. The molecule has 1 fully saturated rings. The molecule has 0 bridgehead atoms. The number of likely N-dealkylation sites (N-methyl/N-ethyl adjacent to an activating group) is 1. The van der Waals surface area contributed by atoms with E-state index in [1.54, 1.807) is 27.8 Å². The van der Waals surface area contributed by atoms with E-state index in [4.69, 9.17) is 9.84 Å². The normalized spacial score (nSPS) is 21.4. The number of carbonyl (C=O) groups excluding carboxylic acids is 3. The van der Waals surface area contributed by atoms with Crippen LogP contribution in [-0.4, -0.2) is 59.0 Å². The van der Waals surface area contributed by atoms with Crippen molar-refractivity contribution in [2.75, 3.05) is 7.05 Å². The summed E-state index contributed by atoms with van der Waals surface area (Å²) in [5.74, 6) is -2.40. The molecule has 0 heterocycles. The number of nitrogens with zero attached hydrogens (tertiary/aromatic N) is 1. The van der Waals surface area contributed by atoms with E-state index >= 15 is 0 Å². The van der Waals surface area contributed by atoms with Gasteiger partial charge in [-0.1, -0.05) is 12.8 Å². The number of rotatable bonds is 7. The van der Waals surface area contributed by atoms with Crippen molar-refractivity contribution < 1.29 is 29.0 Å². The molecule has 2 N–H and O–H groups in total. The van der Waals surface area contributed by atoms with Crippen molar-refractivity contribution in [3.8, 4) is 0 Å². The third-order valence-electron chi connectivity index (χ3n) is 4.43. The van der Waals surface area contributed by atoms with Gasteiger partial charge in [-0.15, -0.1) is 0 Å². The summed E-state index contributed by atoms with van der Waals surface area (Å²) < 4.78 is 5.29. The van der Waals surface area contributed by atoms with Crippen LogP contribution in [0.25, 0.3) is 0 Å². The molecular weight excluding hydrogens is 340 g/mol. The largest absolute Gasteiger partial charge is 0.481 e. The summed E-state index contributed by atoms with van der Waals surface area (Å²) in [5.41, 5.74) is -0.619. The summed E-state index contributed by atoms with van der Waals surface area (Å²) in [6.45, 7) is 5.32. The van der Waals surface area contributed by atoms with Crippen molar-refractivity contribution in [3.63, 3.8) is 0 Å². The Bertz CT molecular complexity index is 528. The van der Waals surface area contributed by atoms with E-state index in [9.17, 15) is 19.2 Å². The Balaban J connectivity index is 2.83. The molecule has 0 saturated heterocycles. The van der Waals surface area contributed by atoms with Gasteiger partial charge in [0.2, 0.25) is 5.91 Å². The quantitative estimate of drug-likeness (QED) is 0.662. The minimum Gasteiger partial charge on any atom is -0.481 e. The number of aldehydes is 1. The monoisotopic (exact) mass is 370 g/mol. The van der Waals surface area contributed by atoms with E-state index in [1.807, 2.05) is 0 Å².